The van der Waals surface area contributed by atoms with Crippen molar-refractivity contribution in [1.29, 1.82) is 0 Å². The maximum absolute atomic E-state index is 12.2. The van der Waals surface area contributed by atoms with Crippen molar-refractivity contribution in [2.75, 3.05) is 13.1 Å². The number of nitrogens with one attached hydrogen (secondary N) is 2. The quantitative estimate of drug-likeness (QED) is 0.890. The number of hydrogen-bond donors (Lipinski definition) is 2. The molecule has 0 spiro atoms. The molecule has 5 nitrogen and oxygen atoms in total. The third kappa shape index (κ3) is 3.56. The topological polar surface area (TPSA) is 59.0 Å². The number of rotatable bonds is 5. The largest absolute Gasteiger partial charge is 0.347 e. The summed E-state index contributed by atoms with van der Waals surface area (Å²) < 4.78 is 1.96. The van der Waals surface area contributed by atoms with Gasteiger partial charge in [-0.3, -0.25) is 9.48 Å². The second-order valence-electron chi connectivity index (χ2n) is 6.17. The van der Waals surface area contributed by atoms with Crippen LogP contribution in [0.15, 0.2) is 24.5 Å². The van der Waals surface area contributed by atoms with Crippen molar-refractivity contribution in [2.24, 2.45) is 5.92 Å². The van der Waals surface area contributed by atoms with E-state index in [9.17, 15) is 4.79 Å². The van der Waals surface area contributed by atoms with Gasteiger partial charge in [-0.2, -0.15) is 5.10 Å². The van der Waals surface area contributed by atoms with Crippen molar-refractivity contribution >= 4 is 17.2 Å². The van der Waals surface area contributed by atoms with Crippen LogP contribution in [0.2, 0.25) is 0 Å². The van der Waals surface area contributed by atoms with E-state index in [1.54, 1.807) is 0 Å². The minimum absolute atomic E-state index is 0.0273. The van der Waals surface area contributed by atoms with Gasteiger partial charge in [0.25, 0.3) is 5.91 Å². The van der Waals surface area contributed by atoms with Crippen LogP contribution in [0.1, 0.15) is 29.9 Å². The van der Waals surface area contributed by atoms with Crippen molar-refractivity contribution < 1.29 is 4.79 Å². The summed E-state index contributed by atoms with van der Waals surface area (Å²) in [5.41, 5.74) is 1.08. The lowest BCUT2D eigenvalue weighted by Gasteiger charge is -2.09. The van der Waals surface area contributed by atoms with E-state index in [1.807, 2.05) is 23.0 Å². The number of aromatic nitrogens is 2. The van der Waals surface area contributed by atoms with Gasteiger partial charge in [-0.25, -0.2) is 0 Å². The lowest BCUT2D eigenvalue weighted by atomic mass is 10.2. The van der Waals surface area contributed by atoms with Crippen molar-refractivity contribution in [3.8, 4) is 10.4 Å². The molecule has 6 heteroatoms. The molecule has 0 radical (unpaired) electrons. The molecule has 3 heterocycles. The van der Waals surface area contributed by atoms with Gasteiger partial charge in [0.05, 0.1) is 11.1 Å². The Balaban J connectivity index is 1.67. The van der Waals surface area contributed by atoms with Gasteiger partial charge in [0.1, 0.15) is 0 Å². The summed E-state index contributed by atoms with van der Waals surface area (Å²) in [5, 5.41) is 10.7. The Morgan fingerprint density at radius 1 is 1.55 bits per heavy atom. The van der Waals surface area contributed by atoms with Crippen molar-refractivity contribution in [1.82, 2.24) is 20.4 Å². The predicted octanol–water partition coefficient (Wildman–Crippen LogP) is 2.36. The number of hydrogen-bond acceptors (Lipinski definition) is 4. The highest BCUT2D eigenvalue weighted by atomic mass is 32.1. The van der Waals surface area contributed by atoms with Crippen LogP contribution < -0.4 is 10.6 Å². The molecule has 1 saturated heterocycles. The van der Waals surface area contributed by atoms with Gasteiger partial charge in [0.2, 0.25) is 0 Å². The van der Waals surface area contributed by atoms with Crippen LogP contribution in [-0.4, -0.2) is 34.8 Å². The number of nitrogens with zero attached hydrogens (tertiary/aromatic N) is 2. The van der Waals surface area contributed by atoms with Gasteiger partial charge >= 0.3 is 0 Å². The summed E-state index contributed by atoms with van der Waals surface area (Å²) >= 11 is 1.52. The molecule has 1 aliphatic rings. The van der Waals surface area contributed by atoms with Gasteiger partial charge in [-0.05, 0) is 31.0 Å². The monoisotopic (exact) mass is 318 g/mol. The summed E-state index contributed by atoms with van der Waals surface area (Å²) in [6.07, 6.45) is 4.93. The molecule has 1 amide bonds. The first-order valence-electron chi connectivity index (χ1n) is 7.76. The second-order valence-corrected chi connectivity index (χ2v) is 7.26. The highest BCUT2D eigenvalue weighted by Gasteiger charge is 2.19. The van der Waals surface area contributed by atoms with Crippen LogP contribution >= 0.6 is 11.3 Å². The number of carbonyl (C=O) groups is 1. The maximum atomic E-state index is 12.2. The highest BCUT2D eigenvalue weighted by Crippen LogP contribution is 2.28. The molecule has 3 rings (SSSR count). The molecule has 0 aliphatic carbocycles. The molecule has 118 valence electrons. The summed E-state index contributed by atoms with van der Waals surface area (Å²) in [6, 6.07) is 4.16. The first-order chi connectivity index (χ1) is 10.6. The maximum Gasteiger partial charge on any atom is 0.261 e. The first-order valence-corrected chi connectivity index (χ1v) is 8.57. The zero-order valence-corrected chi connectivity index (χ0v) is 13.8. The molecule has 1 fully saturated rings. The van der Waals surface area contributed by atoms with E-state index in [4.69, 9.17) is 0 Å². The summed E-state index contributed by atoms with van der Waals surface area (Å²) in [7, 11) is 0. The van der Waals surface area contributed by atoms with Crippen molar-refractivity contribution in [2.45, 2.75) is 32.9 Å². The summed E-state index contributed by atoms with van der Waals surface area (Å²) in [6.45, 7) is 7.11. The molecule has 0 bridgehead atoms. The Hall–Kier alpha value is -1.66. The van der Waals surface area contributed by atoms with Gasteiger partial charge in [0, 0.05) is 35.8 Å². The Morgan fingerprint density at radius 3 is 3.14 bits per heavy atom. The second kappa shape index (κ2) is 6.62. The fourth-order valence-electron chi connectivity index (χ4n) is 2.61. The van der Waals surface area contributed by atoms with E-state index in [2.05, 4.69) is 35.8 Å². The van der Waals surface area contributed by atoms with E-state index in [-0.39, 0.29) is 11.9 Å². The Labute approximate surface area is 134 Å². The molecule has 0 aromatic carbocycles. The SMILES string of the molecule is CC(C)Cn1cc(-c2ccc(C(=O)N[C@@H]3CCNC3)s2)cn1. The van der Waals surface area contributed by atoms with Crippen LogP contribution in [0.3, 0.4) is 0 Å². The molecule has 2 aromatic rings. The Bertz CT molecular complexity index is 640. The van der Waals surface area contributed by atoms with Crippen LogP contribution in [0.4, 0.5) is 0 Å². The highest BCUT2D eigenvalue weighted by molar-refractivity contribution is 7.17. The summed E-state index contributed by atoms with van der Waals surface area (Å²) in [4.78, 5) is 14.1. The lowest BCUT2D eigenvalue weighted by Crippen LogP contribution is -2.35. The third-order valence-electron chi connectivity index (χ3n) is 3.70. The molecule has 2 N–H and O–H groups in total. The minimum Gasteiger partial charge on any atom is -0.347 e. The molecule has 22 heavy (non-hydrogen) atoms. The normalized spacial score (nSPS) is 18.0. The number of amides is 1. The molecule has 1 atom stereocenters. The zero-order valence-electron chi connectivity index (χ0n) is 13.0. The van der Waals surface area contributed by atoms with Gasteiger partial charge in [-0.1, -0.05) is 13.8 Å². The average Bonchev–Trinajstić information content (AvgIpc) is 3.18. The number of thiophene rings is 1. The van der Waals surface area contributed by atoms with Gasteiger partial charge in [0.15, 0.2) is 0 Å². The molecular formula is C16H22N4OS. The van der Waals surface area contributed by atoms with Gasteiger partial charge in [-0.15, -0.1) is 11.3 Å². The Kier molecular flexibility index (Phi) is 4.59. The predicted molar refractivity (Wildman–Crippen MR) is 89.1 cm³/mol. The van der Waals surface area contributed by atoms with Crippen LogP contribution in [0.25, 0.3) is 10.4 Å². The summed E-state index contributed by atoms with van der Waals surface area (Å²) in [5.74, 6) is 0.594. The van der Waals surface area contributed by atoms with E-state index < -0.39 is 0 Å². The van der Waals surface area contributed by atoms with Crippen LogP contribution in [-0.2, 0) is 6.54 Å². The van der Waals surface area contributed by atoms with Crippen LogP contribution in [0.5, 0.6) is 0 Å². The Morgan fingerprint density at radius 2 is 2.41 bits per heavy atom. The first kappa shape index (κ1) is 15.2. The standard InChI is InChI=1S/C16H22N4OS/c1-11(2)9-20-10-12(7-18-20)14-3-4-15(22-14)16(21)19-13-5-6-17-8-13/h3-4,7,10-11,13,17H,5-6,8-9H2,1-2H3,(H,19,21)/t13-/m1/s1. The molecule has 2 aromatic heterocycles. The smallest absolute Gasteiger partial charge is 0.261 e. The molecule has 0 unspecified atom stereocenters. The third-order valence-corrected chi connectivity index (χ3v) is 4.83. The fourth-order valence-corrected chi connectivity index (χ4v) is 3.50. The zero-order chi connectivity index (χ0) is 15.5. The van der Waals surface area contributed by atoms with E-state index >= 15 is 0 Å². The van der Waals surface area contributed by atoms with Gasteiger partial charge < -0.3 is 10.6 Å². The molecule has 0 saturated carbocycles. The van der Waals surface area contributed by atoms with E-state index in [0.29, 0.717) is 5.92 Å². The van der Waals surface area contributed by atoms with Crippen molar-refractivity contribution in [3.63, 3.8) is 0 Å². The van der Waals surface area contributed by atoms with E-state index in [0.717, 1.165) is 41.4 Å². The molecule has 1 aliphatic heterocycles. The molecular weight excluding hydrogens is 296 g/mol. The van der Waals surface area contributed by atoms with Crippen molar-refractivity contribution in [3.05, 3.63) is 29.4 Å². The lowest BCUT2D eigenvalue weighted by molar-refractivity contribution is 0.0944. The number of carbonyl (C=O) groups excluding carboxylic acids is 1. The fraction of sp³-hybridized carbons (Fsp3) is 0.500. The van der Waals surface area contributed by atoms with Crippen LogP contribution in [0, 0.1) is 5.92 Å². The average molecular weight is 318 g/mol. The van der Waals surface area contributed by atoms with E-state index in [1.165, 1.54) is 11.3 Å². The minimum atomic E-state index is 0.0273.